The molecule has 2 unspecified atom stereocenters. The predicted molar refractivity (Wildman–Crippen MR) is 117 cm³/mol. The molecule has 1 aromatic carbocycles. The Balaban J connectivity index is 1.37. The summed E-state index contributed by atoms with van der Waals surface area (Å²) >= 11 is 4.35. The van der Waals surface area contributed by atoms with Gasteiger partial charge in [-0.3, -0.25) is 4.79 Å². The molecule has 152 valence electrons. The molecule has 4 rings (SSSR count). The Bertz CT molecular complexity index is 699. The van der Waals surface area contributed by atoms with Gasteiger partial charge in [0, 0.05) is 23.1 Å². The summed E-state index contributed by atoms with van der Waals surface area (Å²) in [5.41, 5.74) is 1.28. The molecular formula is C22H29NO3S2. The van der Waals surface area contributed by atoms with Gasteiger partial charge in [0.1, 0.15) is 0 Å². The van der Waals surface area contributed by atoms with E-state index in [0.29, 0.717) is 28.1 Å². The minimum Gasteiger partial charge on any atom is -0.462 e. The summed E-state index contributed by atoms with van der Waals surface area (Å²) < 4.78 is 5.55. The van der Waals surface area contributed by atoms with Crippen molar-refractivity contribution in [2.75, 3.05) is 23.4 Å². The first-order valence-electron chi connectivity index (χ1n) is 10.5. The molecule has 0 radical (unpaired) electrons. The third-order valence-corrected chi connectivity index (χ3v) is 10.3. The highest BCUT2D eigenvalue weighted by atomic mass is 32.2. The number of esters is 1. The molecule has 1 spiro atoms. The van der Waals surface area contributed by atoms with Gasteiger partial charge in [0.15, 0.2) is 0 Å². The molecule has 28 heavy (non-hydrogen) atoms. The van der Waals surface area contributed by atoms with Crippen LogP contribution in [0, 0.1) is 17.8 Å². The van der Waals surface area contributed by atoms with Crippen LogP contribution in [-0.2, 0) is 9.53 Å². The molecule has 1 heterocycles. The van der Waals surface area contributed by atoms with Gasteiger partial charge in [0.05, 0.1) is 16.2 Å². The number of hydrogen-bond donors (Lipinski definition) is 1. The Hall–Kier alpha value is -1.14. The van der Waals surface area contributed by atoms with Crippen LogP contribution in [0.4, 0.5) is 5.69 Å². The van der Waals surface area contributed by atoms with Gasteiger partial charge in [-0.15, -0.1) is 23.5 Å². The molecule has 6 heteroatoms. The predicted octanol–water partition coefficient (Wildman–Crippen LogP) is 5.19. The summed E-state index contributed by atoms with van der Waals surface area (Å²) in [6.45, 7) is 2.40. The number of rotatable bonds is 5. The lowest BCUT2D eigenvalue weighted by atomic mass is 9.67. The summed E-state index contributed by atoms with van der Waals surface area (Å²) in [6.07, 6.45) is 6.71. The number of carbonyl (C=O) groups excluding carboxylic acids is 2. The van der Waals surface area contributed by atoms with Crippen molar-refractivity contribution in [3.05, 3.63) is 29.8 Å². The Morgan fingerprint density at radius 2 is 1.75 bits per heavy atom. The van der Waals surface area contributed by atoms with Crippen LogP contribution in [-0.4, -0.2) is 34.1 Å². The molecule has 2 aliphatic carbocycles. The molecule has 4 nitrogen and oxygen atoms in total. The van der Waals surface area contributed by atoms with Crippen LogP contribution in [0.2, 0.25) is 0 Å². The highest BCUT2D eigenvalue weighted by Gasteiger charge is 2.55. The van der Waals surface area contributed by atoms with Crippen LogP contribution in [0.1, 0.15) is 55.8 Å². The first-order valence-corrected chi connectivity index (χ1v) is 12.5. The molecule has 1 aliphatic heterocycles. The molecule has 1 saturated heterocycles. The highest BCUT2D eigenvalue weighted by Crippen LogP contribution is 2.64. The van der Waals surface area contributed by atoms with Gasteiger partial charge >= 0.3 is 5.97 Å². The maximum absolute atomic E-state index is 12.9. The molecule has 0 aromatic heterocycles. The number of carbonyl (C=O) groups is 2. The van der Waals surface area contributed by atoms with Crippen molar-refractivity contribution in [3.63, 3.8) is 0 Å². The number of hydrogen-bond acceptors (Lipinski definition) is 5. The van der Waals surface area contributed by atoms with E-state index in [0.717, 1.165) is 24.9 Å². The monoisotopic (exact) mass is 419 g/mol. The van der Waals surface area contributed by atoms with Crippen LogP contribution in [0.3, 0.4) is 0 Å². The molecular weight excluding hydrogens is 390 g/mol. The fraction of sp³-hybridized carbons (Fsp3) is 0.636. The second-order valence-electron chi connectivity index (χ2n) is 8.11. The van der Waals surface area contributed by atoms with E-state index < -0.39 is 0 Å². The summed E-state index contributed by atoms with van der Waals surface area (Å²) in [4.78, 5) is 24.9. The molecule has 2 atom stereocenters. The maximum atomic E-state index is 12.9. The standard InChI is InChI=1S/C22H29NO3S2/c1-2-10-26-21(25)15-6-8-19(9-7-15)23-20(24)16-13-17-4-3-5-18(14-16)22(17)27-11-12-28-22/h6-9,16-18H,2-5,10-14H2,1H3,(H,23,24). The zero-order valence-electron chi connectivity index (χ0n) is 16.4. The summed E-state index contributed by atoms with van der Waals surface area (Å²) in [7, 11) is 0. The van der Waals surface area contributed by atoms with Gasteiger partial charge in [-0.05, 0) is 68.2 Å². The summed E-state index contributed by atoms with van der Waals surface area (Å²) in [5, 5.41) is 3.08. The van der Waals surface area contributed by atoms with Gasteiger partial charge in [0.25, 0.3) is 0 Å². The average Bonchev–Trinajstić information content (AvgIpc) is 3.16. The first-order chi connectivity index (χ1) is 13.6. The molecule has 1 aromatic rings. The number of benzene rings is 1. The lowest BCUT2D eigenvalue weighted by Crippen LogP contribution is -2.48. The SMILES string of the molecule is CCCOC(=O)c1ccc(NC(=O)C2CC3CCCC(C2)C32SCCS2)cc1. The second kappa shape index (κ2) is 8.70. The van der Waals surface area contributed by atoms with Gasteiger partial charge in [0.2, 0.25) is 5.91 Å². The minimum absolute atomic E-state index is 0.108. The molecule has 1 amide bonds. The van der Waals surface area contributed by atoms with Gasteiger partial charge in [-0.25, -0.2) is 4.79 Å². The molecule has 3 aliphatic rings. The fourth-order valence-corrected chi connectivity index (χ4v) is 8.97. The van der Waals surface area contributed by atoms with E-state index in [2.05, 4.69) is 28.8 Å². The van der Waals surface area contributed by atoms with E-state index in [-0.39, 0.29) is 17.8 Å². The van der Waals surface area contributed by atoms with Crippen LogP contribution in [0.25, 0.3) is 0 Å². The normalized spacial score (nSPS) is 28.1. The smallest absolute Gasteiger partial charge is 0.338 e. The minimum atomic E-state index is -0.309. The van der Waals surface area contributed by atoms with Crippen molar-refractivity contribution in [1.29, 1.82) is 0 Å². The quantitative estimate of drug-likeness (QED) is 0.665. The third kappa shape index (κ3) is 3.95. The molecule has 2 saturated carbocycles. The van der Waals surface area contributed by atoms with Crippen molar-refractivity contribution in [2.24, 2.45) is 17.8 Å². The lowest BCUT2D eigenvalue weighted by Gasteiger charge is -2.52. The van der Waals surface area contributed by atoms with E-state index in [1.165, 1.54) is 30.8 Å². The van der Waals surface area contributed by atoms with Gasteiger partial charge < -0.3 is 10.1 Å². The largest absolute Gasteiger partial charge is 0.462 e. The number of amides is 1. The second-order valence-corrected chi connectivity index (χ2v) is 11.1. The van der Waals surface area contributed by atoms with E-state index in [4.69, 9.17) is 4.74 Å². The molecule has 1 N–H and O–H groups in total. The Morgan fingerprint density at radius 3 is 2.36 bits per heavy atom. The summed E-state index contributed by atoms with van der Waals surface area (Å²) in [5.74, 6) is 3.81. The Labute approximate surface area is 175 Å². The zero-order valence-corrected chi connectivity index (χ0v) is 18.1. The van der Waals surface area contributed by atoms with Crippen molar-refractivity contribution in [2.45, 2.75) is 49.5 Å². The number of nitrogens with one attached hydrogen (secondary N) is 1. The third-order valence-electron chi connectivity index (χ3n) is 6.32. The van der Waals surface area contributed by atoms with E-state index in [1.807, 2.05) is 6.92 Å². The zero-order chi connectivity index (χ0) is 19.6. The topological polar surface area (TPSA) is 55.4 Å². The number of ether oxygens (including phenoxy) is 1. The average molecular weight is 420 g/mol. The van der Waals surface area contributed by atoms with E-state index in [1.54, 1.807) is 24.3 Å². The number of thioether (sulfide) groups is 2. The van der Waals surface area contributed by atoms with Crippen LogP contribution < -0.4 is 5.32 Å². The first kappa shape index (κ1) is 20.1. The van der Waals surface area contributed by atoms with Crippen molar-refractivity contribution in [1.82, 2.24) is 0 Å². The van der Waals surface area contributed by atoms with E-state index >= 15 is 0 Å². The van der Waals surface area contributed by atoms with Gasteiger partial charge in [-0.2, -0.15) is 0 Å². The Kier molecular flexibility index (Phi) is 6.26. The highest BCUT2D eigenvalue weighted by molar-refractivity contribution is 8.21. The van der Waals surface area contributed by atoms with Crippen LogP contribution in [0.15, 0.2) is 24.3 Å². The maximum Gasteiger partial charge on any atom is 0.338 e. The fourth-order valence-electron chi connectivity index (χ4n) is 5.04. The lowest BCUT2D eigenvalue weighted by molar-refractivity contribution is -0.122. The van der Waals surface area contributed by atoms with Crippen molar-refractivity contribution < 1.29 is 14.3 Å². The van der Waals surface area contributed by atoms with E-state index in [9.17, 15) is 9.59 Å². The molecule has 2 bridgehead atoms. The number of anilines is 1. The van der Waals surface area contributed by atoms with Gasteiger partial charge in [-0.1, -0.05) is 13.3 Å². The van der Waals surface area contributed by atoms with Crippen molar-refractivity contribution in [3.8, 4) is 0 Å². The summed E-state index contributed by atoms with van der Waals surface area (Å²) in [6, 6.07) is 7.05. The molecule has 3 fully saturated rings. The Morgan fingerprint density at radius 1 is 1.11 bits per heavy atom. The van der Waals surface area contributed by atoms with Crippen LogP contribution in [0.5, 0.6) is 0 Å². The van der Waals surface area contributed by atoms with Crippen molar-refractivity contribution >= 4 is 41.1 Å². The van der Waals surface area contributed by atoms with Crippen LogP contribution >= 0.6 is 23.5 Å².